The van der Waals surface area contributed by atoms with Crippen molar-refractivity contribution in [1.29, 1.82) is 0 Å². The fourth-order valence-electron chi connectivity index (χ4n) is 3.26. The Bertz CT molecular complexity index is 805. The van der Waals surface area contributed by atoms with Crippen LogP contribution in [0.25, 0.3) is 0 Å². The molecule has 3 rings (SSSR count). The van der Waals surface area contributed by atoms with E-state index < -0.39 is 5.82 Å². The molecule has 1 N–H and O–H groups in total. The minimum absolute atomic E-state index is 0.0207. The van der Waals surface area contributed by atoms with E-state index in [9.17, 15) is 14.0 Å². The third kappa shape index (κ3) is 5.30. The van der Waals surface area contributed by atoms with Crippen molar-refractivity contribution in [2.75, 3.05) is 13.1 Å². The van der Waals surface area contributed by atoms with Gasteiger partial charge in [0.1, 0.15) is 5.82 Å². The maximum Gasteiger partial charge on any atom is 0.256 e. The second-order valence-corrected chi connectivity index (χ2v) is 7.18. The van der Waals surface area contributed by atoms with Crippen molar-refractivity contribution < 1.29 is 14.0 Å². The van der Waals surface area contributed by atoms with Crippen LogP contribution < -0.4 is 5.32 Å². The van der Waals surface area contributed by atoms with Gasteiger partial charge in [0.15, 0.2) is 0 Å². The topological polar surface area (TPSA) is 49.4 Å². The van der Waals surface area contributed by atoms with Gasteiger partial charge >= 0.3 is 0 Å². The van der Waals surface area contributed by atoms with E-state index in [1.165, 1.54) is 12.1 Å². The van der Waals surface area contributed by atoms with E-state index in [4.69, 9.17) is 11.6 Å². The molecule has 0 aromatic heterocycles. The zero-order valence-corrected chi connectivity index (χ0v) is 15.7. The van der Waals surface area contributed by atoms with Gasteiger partial charge < -0.3 is 10.2 Å². The van der Waals surface area contributed by atoms with Gasteiger partial charge in [-0.2, -0.15) is 0 Å². The molecule has 1 heterocycles. The molecule has 27 heavy (non-hydrogen) atoms. The summed E-state index contributed by atoms with van der Waals surface area (Å²) in [5.74, 6) is -0.922. The summed E-state index contributed by atoms with van der Waals surface area (Å²) < 4.78 is 13.9. The molecule has 0 atom stereocenters. The maximum atomic E-state index is 13.9. The minimum Gasteiger partial charge on any atom is -0.353 e. The first-order chi connectivity index (χ1) is 13.0. The largest absolute Gasteiger partial charge is 0.353 e. The van der Waals surface area contributed by atoms with E-state index in [1.807, 2.05) is 30.3 Å². The Hall–Kier alpha value is -2.40. The van der Waals surface area contributed by atoms with E-state index >= 15 is 0 Å². The Labute approximate surface area is 163 Å². The van der Waals surface area contributed by atoms with Crippen LogP contribution in [-0.2, 0) is 11.2 Å². The number of aryl methyl sites for hydroxylation is 1. The van der Waals surface area contributed by atoms with Crippen molar-refractivity contribution in [1.82, 2.24) is 10.2 Å². The van der Waals surface area contributed by atoms with Crippen molar-refractivity contribution >= 4 is 23.4 Å². The van der Waals surface area contributed by atoms with Crippen molar-refractivity contribution in [3.63, 3.8) is 0 Å². The standard InChI is InChI=1S/C21H22ClFN2O2/c22-16-7-8-18(19(23)14-16)21(27)25-12-10-17(11-13-25)24-20(26)9-6-15-4-2-1-3-5-15/h1-5,7-8,14,17H,6,9-13H2,(H,24,26). The highest BCUT2D eigenvalue weighted by Gasteiger charge is 2.26. The van der Waals surface area contributed by atoms with Gasteiger partial charge in [0.05, 0.1) is 5.56 Å². The predicted molar refractivity (Wildman–Crippen MR) is 103 cm³/mol. The number of nitrogens with one attached hydrogen (secondary N) is 1. The van der Waals surface area contributed by atoms with E-state index in [0.29, 0.717) is 38.8 Å². The van der Waals surface area contributed by atoms with Gasteiger partial charge in [-0.25, -0.2) is 4.39 Å². The van der Waals surface area contributed by atoms with Crippen LogP contribution in [0.4, 0.5) is 4.39 Å². The molecule has 1 aliphatic rings. The Balaban J connectivity index is 1.45. The Morgan fingerprint density at radius 2 is 1.81 bits per heavy atom. The van der Waals surface area contributed by atoms with Gasteiger partial charge in [0, 0.05) is 30.6 Å². The number of rotatable bonds is 5. The molecule has 2 aromatic rings. The van der Waals surface area contributed by atoms with Crippen LogP contribution in [-0.4, -0.2) is 35.8 Å². The molecule has 0 radical (unpaired) electrons. The average Bonchev–Trinajstić information content (AvgIpc) is 2.67. The summed E-state index contributed by atoms with van der Waals surface area (Å²) in [6.07, 6.45) is 2.48. The number of nitrogens with zero attached hydrogens (tertiary/aromatic N) is 1. The van der Waals surface area contributed by atoms with E-state index in [-0.39, 0.29) is 28.4 Å². The molecular formula is C21H22ClFN2O2. The first kappa shape index (κ1) is 19.4. The third-order valence-corrected chi connectivity index (χ3v) is 5.03. The van der Waals surface area contributed by atoms with Crippen molar-refractivity contribution in [2.24, 2.45) is 0 Å². The van der Waals surface area contributed by atoms with Crippen LogP contribution in [0.3, 0.4) is 0 Å². The summed E-state index contributed by atoms with van der Waals surface area (Å²) in [4.78, 5) is 26.2. The predicted octanol–water partition coefficient (Wildman–Crippen LogP) is 3.83. The lowest BCUT2D eigenvalue weighted by molar-refractivity contribution is -0.122. The molecule has 6 heteroatoms. The Morgan fingerprint density at radius 1 is 1.11 bits per heavy atom. The lowest BCUT2D eigenvalue weighted by Crippen LogP contribution is -2.46. The molecule has 0 unspecified atom stereocenters. The summed E-state index contributed by atoms with van der Waals surface area (Å²) in [5, 5.41) is 3.30. The highest BCUT2D eigenvalue weighted by molar-refractivity contribution is 6.30. The number of amides is 2. The highest BCUT2D eigenvalue weighted by atomic mass is 35.5. The van der Waals surface area contributed by atoms with E-state index in [0.717, 1.165) is 11.6 Å². The van der Waals surface area contributed by atoms with Gasteiger partial charge in [0.25, 0.3) is 5.91 Å². The first-order valence-corrected chi connectivity index (χ1v) is 9.48. The van der Waals surface area contributed by atoms with Crippen LogP contribution in [0.15, 0.2) is 48.5 Å². The molecule has 0 saturated carbocycles. The summed E-state index contributed by atoms with van der Waals surface area (Å²) in [6.45, 7) is 0.981. The number of carbonyl (C=O) groups excluding carboxylic acids is 2. The summed E-state index contributed by atoms with van der Waals surface area (Å²) in [5.41, 5.74) is 1.17. The zero-order valence-electron chi connectivity index (χ0n) is 15.0. The number of hydrogen-bond donors (Lipinski definition) is 1. The Kier molecular flexibility index (Phi) is 6.45. The molecule has 1 saturated heterocycles. The number of halogens is 2. The first-order valence-electron chi connectivity index (χ1n) is 9.10. The van der Waals surface area contributed by atoms with Crippen LogP contribution in [0.5, 0.6) is 0 Å². The lowest BCUT2D eigenvalue weighted by Gasteiger charge is -2.32. The SMILES string of the molecule is O=C(CCc1ccccc1)NC1CCN(C(=O)c2ccc(Cl)cc2F)CC1. The number of likely N-dealkylation sites (tertiary alicyclic amines) is 1. The highest BCUT2D eigenvalue weighted by Crippen LogP contribution is 2.19. The monoisotopic (exact) mass is 388 g/mol. The van der Waals surface area contributed by atoms with Crippen LogP contribution in [0.2, 0.25) is 5.02 Å². The Morgan fingerprint density at radius 3 is 2.48 bits per heavy atom. The van der Waals surface area contributed by atoms with Crippen LogP contribution >= 0.6 is 11.6 Å². The normalized spacial score (nSPS) is 14.8. The summed E-state index contributed by atoms with van der Waals surface area (Å²) in [7, 11) is 0. The summed E-state index contributed by atoms with van der Waals surface area (Å²) >= 11 is 5.73. The fourth-order valence-corrected chi connectivity index (χ4v) is 3.42. The molecule has 0 spiro atoms. The molecule has 4 nitrogen and oxygen atoms in total. The van der Waals surface area contributed by atoms with E-state index in [1.54, 1.807) is 4.90 Å². The zero-order chi connectivity index (χ0) is 19.2. The third-order valence-electron chi connectivity index (χ3n) is 4.79. The smallest absolute Gasteiger partial charge is 0.256 e. The second-order valence-electron chi connectivity index (χ2n) is 6.74. The van der Waals surface area contributed by atoms with E-state index in [2.05, 4.69) is 5.32 Å². The van der Waals surface area contributed by atoms with Gasteiger partial charge in [-0.3, -0.25) is 9.59 Å². The second kappa shape index (κ2) is 9.00. The maximum absolute atomic E-state index is 13.9. The van der Waals surface area contributed by atoms with Crippen molar-refractivity contribution in [3.8, 4) is 0 Å². The van der Waals surface area contributed by atoms with Gasteiger partial charge in [-0.1, -0.05) is 41.9 Å². The minimum atomic E-state index is -0.608. The molecule has 0 bridgehead atoms. The fraction of sp³-hybridized carbons (Fsp3) is 0.333. The summed E-state index contributed by atoms with van der Waals surface area (Å²) in [6, 6.07) is 14.0. The number of hydrogen-bond acceptors (Lipinski definition) is 2. The van der Waals surface area contributed by atoms with Gasteiger partial charge in [-0.05, 0) is 43.0 Å². The molecule has 2 aromatic carbocycles. The number of piperidine rings is 1. The van der Waals surface area contributed by atoms with Crippen molar-refractivity contribution in [2.45, 2.75) is 31.7 Å². The molecule has 1 fully saturated rings. The number of carbonyl (C=O) groups is 2. The molecule has 1 aliphatic heterocycles. The average molecular weight is 389 g/mol. The number of benzene rings is 2. The van der Waals surface area contributed by atoms with Crippen LogP contribution in [0.1, 0.15) is 35.2 Å². The molecule has 142 valence electrons. The van der Waals surface area contributed by atoms with Crippen molar-refractivity contribution in [3.05, 3.63) is 70.5 Å². The molecule has 0 aliphatic carbocycles. The van der Waals surface area contributed by atoms with Crippen LogP contribution in [0, 0.1) is 5.82 Å². The molecular weight excluding hydrogens is 367 g/mol. The lowest BCUT2D eigenvalue weighted by atomic mass is 10.0. The van der Waals surface area contributed by atoms with Gasteiger partial charge in [-0.15, -0.1) is 0 Å². The molecule has 2 amide bonds. The van der Waals surface area contributed by atoms with Gasteiger partial charge in [0.2, 0.25) is 5.91 Å². The quantitative estimate of drug-likeness (QED) is 0.846.